The lowest BCUT2D eigenvalue weighted by atomic mass is 9.97. The van der Waals surface area contributed by atoms with E-state index in [2.05, 4.69) is 10.3 Å². The minimum atomic E-state index is -4.69. The van der Waals surface area contributed by atoms with E-state index < -0.39 is 29.0 Å². The maximum Gasteiger partial charge on any atom is 0.418 e. The first-order valence-corrected chi connectivity index (χ1v) is 10.5. The summed E-state index contributed by atoms with van der Waals surface area (Å²) in [7, 11) is 0. The van der Waals surface area contributed by atoms with E-state index in [1.54, 1.807) is 6.07 Å². The highest BCUT2D eigenvalue weighted by Crippen LogP contribution is 2.40. The van der Waals surface area contributed by atoms with Crippen molar-refractivity contribution in [2.45, 2.75) is 43.3 Å². The number of nitrogens with one attached hydrogen (secondary N) is 1. The van der Waals surface area contributed by atoms with Gasteiger partial charge in [0.05, 0.1) is 27.6 Å². The van der Waals surface area contributed by atoms with Crippen molar-refractivity contribution < 1.29 is 22.4 Å². The summed E-state index contributed by atoms with van der Waals surface area (Å²) in [6.45, 7) is 0. The van der Waals surface area contributed by atoms with Crippen LogP contribution in [-0.2, 0) is 23.8 Å². The van der Waals surface area contributed by atoms with Crippen molar-refractivity contribution in [3.05, 3.63) is 51.4 Å². The van der Waals surface area contributed by atoms with Crippen molar-refractivity contribution >= 4 is 35.0 Å². The summed E-state index contributed by atoms with van der Waals surface area (Å²) in [6, 6.07) is 5.06. The van der Waals surface area contributed by atoms with E-state index in [1.807, 2.05) is 0 Å². The fourth-order valence-corrected chi connectivity index (χ4v) is 4.35. The minimum Gasteiger partial charge on any atom is -0.324 e. The van der Waals surface area contributed by atoms with Crippen LogP contribution in [0.5, 0.6) is 0 Å². The molecule has 1 amide bonds. The molecule has 0 aliphatic heterocycles. The first-order chi connectivity index (χ1) is 14.2. The minimum absolute atomic E-state index is 0.00595. The highest BCUT2D eigenvalue weighted by atomic mass is 35.5. The first-order valence-electron chi connectivity index (χ1n) is 9.11. The molecule has 0 unspecified atom stereocenters. The number of alkyl halides is 3. The van der Waals surface area contributed by atoms with E-state index in [0.717, 1.165) is 36.7 Å². The largest absolute Gasteiger partial charge is 0.418 e. The van der Waals surface area contributed by atoms with Gasteiger partial charge in [0.25, 0.3) is 0 Å². The Balaban J connectivity index is 1.87. The number of nitriles is 1. The van der Waals surface area contributed by atoms with Crippen LogP contribution in [0.4, 0.5) is 23.2 Å². The van der Waals surface area contributed by atoms with Crippen molar-refractivity contribution in [1.29, 1.82) is 5.26 Å². The summed E-state index contributed by atoms with van der Waals surface area (Å²) in [5.74, 6) is -1.42. The number of hydrogen-bond donors (Lipinski definition) is 1. The summed E-state index contributed by atoms with van der Waals surface area (Å²) in [5, 5.41) is 11.8. The summed E-state index contributed by atoms with van der Waals surface area (Å²) in [6.07, 6.45) is -1.96. The predicted molar refractivity (Wildman–Crippen MR) is 106 cm³/mol. The van der Waals surface area contributed by atoms with Crippen molar-refractivity contribution in [2.24, 2.45) is 0 Å². The van der Waals surface area contributed by atoms with E-state index in [9.17, 15) is 27.6 Å². The van der Waals surface area contributed by atoms with Crippen LogP contribution in [0.1, 0.15) is 41.6 Å². The molecule has 1 aliphatic carbocycles. The molecule has 1 N–H and O–H groups in total. The van der Waals surface area contributed by atoms with Gasteiger partial charge in [0, 0.05) is 5.69 Å². The molecule has 0 saturated carbocycles. The molecule has 0 bridgehead atoms. The van der Waals surface area contributed by atoms with E-state index >= 15 is 0 Å². The maximum atomic E-state index is 13.8. The molecule has 30 heavy (non-hydrogen) atoms. The standard InChI is InChI=1S/C20H16ClF4N3OS/c21-14-8-11(22)6-7-16(14)27-17(29)10-30-19-13(9-26)18(20(23,24)25)12-4-2-1-3-5-15(12)28-19/h6-8H,1-5,10H2,(H,27,29). The van der Waals surface area contributed by atoms with E-state index in [0.29, 0.717) is 18.5 Å². The molecule has 4 nitrogen and oxygen atoms in total. The normalized spacial score (nSPS) is 13.9. The Morgan fingerprint density at radius 2 is 2.00 bits per heavy atom. The molecule has 0 fully saturated rings. The zero-order valence-electron chi connectivity index (χ0n) is 15.6. The van der Waals surface area contributed by atoms with Gasteiger partial charge in [0.2, 0.25) is 5.91 Å². The van der Waals surface area contributed by atoms with E-state index in [4.69, 9.17) is 11.6 Å². The third kappa shape index (κ3) is 5.05. The van der Waals surface area contributed by atoms with Gasteiger partial charge in [-0.1, -0.05) is 29.8 Å². The monoisotopic (exact) mass is 457 g/mol. The Hall–Kier alpha value is -2.31. The Kier molecular flexibility index (Phi) is 6.88. The second-order valence-corrected chi connectivity index (χ2v) is 8.09. The number of carbonyl (C=O) groups excluding carboxylic acids is 1. The number of halogens is 5. The molecule has 0 spiro atoms. The van der Waals surface area contributed by atoms with Gasteiger partial charge in [-0.25, -0.2) is 9.37 Å². The predicted octanol–water partition coefficient (Wildman–Crippen LogP) is 5.76. The zero-order chi connectivity index (χ0) is 21.9. The highest BCUT2D eigenvalue weighted by molar-refractivity contribution is 8.00. The fourth-order valence-electron chi connectivity index (χ4n) is 3.33. The van der Waals surface area contributed by atoms with Gasteiger partial charge in [0.15, 0.2) is 0 Å². The molecule has 1 aromatic carbocycles. The van der Waals surface area contributed by atoms with Crippen molar-refractivity contribution in [2.75, 3.05) is 11.1 Å². The third-order valence-corrected chi connectivity index (χ3v) is 5.92. The Morgan fingerprint density at radius 3 is 2.67 bits per heavy atom. The van der Waals surface area contributed by atoms with Crippen LogP contribution in [0, 0.1) is 17.1 Å². The number of aromatic nitrogens is 1. The molecule has 0 radical (unpaired) electrons. The van der Waals surface area contributed by atoms with E-state index in [1.165, 1.54) is 6.07 Å². The van der Waals surface area contributed by atoms with Gasteiger partial charge in [-0.2, -0.15) is 18.4 Å². The second-order valence-electron chi connectivity index (χ2n) is 6.72. The number of nitrogens with zero attached hydrogens (tertiary/aromatic N) is 2. The summed E-state index contributed by atoms with van der Waals surface area (Å²) in [5.41, 5.74) is -0.899. The molecule has 1 aliphatic rings. The van der Waals surface area contributed by atoms with Gasteiger partial charge in [-0.15, -0.1) is 0 Å². The lowest BCUT2D eigenvalue weighted by molar-refractivity contribution is -0.138. The van der Waals surface area contributed by atoms with Crippen LogP contribution in [0.25, 0.3) is 0 Å². The number of fused-ring (bicyclic) bond motifs is 1. The molecular weight excluding hydrogens is 442 g/mol. The number of rotatable bonds is 4. The SMILES string of the molecule is N#Cc1c(SCC(=O)Nc2ccc(F)cc2Cl)nc2c(c1C(F)(F)F)CCCCC2. The number of benzene rings is 1. The molecule has 1 aromatic heterocycles. The van der Waals surface area contributed by atoms with Crippen LogP contribution < -0.4 is 5.32 Å². The van der Waals surface area contributed by atoms with Gasteiger partial charge < -0.3 is 5.32 Å². The zero-order valence-corrected chi connectivity index (χ0v) is 17.1. The average molecular weight is 458 g/mol. The molecule has 10 heteroatoms. The van der Waals surface area contributed by atoms with Crippen LogP contribution in [0.3, 0.4) is 0 Å². The fraction of sp³-hybridized carbons (Fsp3) is 0.350. The third-order valence-electron chi connectivity index (χ3n) is 4.63. The van der Waals surface area contributed by atoms with Gasteiger partial charge >= 0.3 is 6.18 Å². The van der Waals surface area contributed by atoms with Crippen molar-refractivity contribution in [3.63, 3.8) is 0 Å². The molecule has 0 saturated heterocycles. The number of carbonyl (C=O) groups is 1. The highest BCUT2D eigenvalue weighted by Gasteiger charge is 2.39. The summed E-state index contributed by atoms with van der Waals surface area (Å²) < 4.78 is 54.5. The molecular formula is C20H16ClF4N3OS. The number of anilines is 1. The molecule has 0 atom stereocenters. The van der Waals surface area contributed by atoms with Crippen LogP contribution in [0.15, 0.2) is 23.2 Å². The van der Waals surface area contributed by atoms with Crippen LogP contribution in [0.2, 0.25) is 5.02 Å². The van der Waals surface area contributed by atoms with E-state index in [-0.39, 0.29) is 33.5 Å². The lowest BCUT2D eigenvalue weighted by Crippen LogP contribution is -2.18. The number of pyridine rings is 1. The Bertz CT molecular complexity index is 1020. The molecule has 2 aromatic rings. The molecule has 3 rings (SSSR count). The number of amides is 1. The molecule has 1 heterocycles. The van der Waals surface area contributed by atoms with Crippen molar-refractivity contribution in [1.82, 2.24) is 4.98 Å². The topological polar surface area (TPSA) is 65.8 Å². The number of thioether (sulfide) groups is 1. The average Bonchev–Trinajstić information content (AvgIpc) is 2.91. The number of hydrogen-bond acceptors (Lipinski definition) is 4. The van der Waals surface area contributed by atoms with Gasteiger partial charge in [-0.05, 0) is 49.4 Å². The smallest absolute Gasteiger partial charge is 0.324 e. The van der Waals surface area contributed by atoms with Gasteiger partial charge in [0.1, 0.15) is 16.9 Å². The number of aryl methyl sites for hydroxylation is 1. The second kappa shape index (κ2) is 9.23. The Morgan fingerprint density at radius 1 is 1.27 bits per heavy atom. The van der Waals surface area contributed by atoms with Crippen LogP contribution in [-0.4, -0.2) is 16.6 Å². The first kappa shape index (κ1) is 22.4. The quantitative estimate of drug-likeness (QED) is 0.360. The molecule has 158 valence electrons. The summed E-state index contributed by atoms with van der Waals surface area (Å²) in [4.78, 5) is 16.5. The van der Waals surface area contributed by atoms with Crippen LogP contribution >= 0.6 is 23.4 Å². The van der Waals surface area contributed by atoms with Crippen molar-refractivity contribution in [3.8, 4) is 6.07 Å². The van der Waals surface area contributed by atoms with Gasteiger partial charge in [-0.3, -0.25) is 4.79 Å². The lowest BCUT2D eigenvalue weighted by Gasteiger charge is -2.18. The maximum absolute atomic E-state index is 13.8. The Labute approximate surface area is 179 Å². The summed E-state index contributed by atoms with van der Waals surface area (Å²) >= 11 is 6.62.